The third-order valence-electron chi connectivity index (χ3n) is 6.29. The average Bonchev–Trinajstić information content (AvgIpc) is 3.61. The summed E-state index contributed by atoms with van der Waals surface area (Å²) in [5.41, 5.74) is 1.59. The summed E-state index contributed by atoms with van der Waals surface area (Å²) >= 11 is 0. The zero-order valence-corrected chi connectivity index (χ0v) is 15.3. The first-order valence-electron chi connectivity index (χ1n) is 9.85. The molecule has 0 unspecified atom stereocenters. The van der Waals surface area contributed by atoms with E-state index < -0.39 is 0 Å². The Hall–Kier alpha value is -2.15. The normalized spacial score (nSPS) is 24.5. The summed E-state index contributed by atoms with van der Waals surface area (Å²) in [4.78, 5) is 11.6. The molecule has 1 aliphatic heterocycles. The zero-order chi connectivity index (χ0) is 17.6. The highest BCUT2D eigenvalue weighted by Gasteiger charge is 2.49. The summed E-state index contributed by atoms with van der Waals surface area (Å²) in [6.45, 7) is 2.08. The molecular weight excluding hydrogens is 326 g/mol. The quantitative estimate of drug-likeness (QED) is 0.741. The molecule has 0 spiro atoms. The van der Waals surface area contributed by atoms with Gasteiger partial charge in [0.05, 0.1) is 0 Å². The molecule has 26 heavy (non-hydrogen) atoms. The Kier molecular flexibility index (Phi) is 3.85. The summed E-state index contributed by atoms with van der Waals surface area (Å²) in [5, 5.41) is 14.4. The van der Waals surface area contributed by atoms with E-state index in [1.54, 1.807) is 0 Å². The first-order valence-corrected chi connectivity index (χ1v) is 9.85. The molecule has 1 saturated heterocycles. The van der Waals surface area contributed by atoms with Crippen LogP contribution in [-0.2, 0) is 0 Å². The van der Waals surface area contributed by atoms with Gasteiger partial charge in [-0.1, -0.05) is 0 Å². The van der Waals surface area contributed by atoms with Crippen molar-refractivity contribution in [3.05, 3.63) is 24.0 Å². The lowest BCUT2D eigenvalue weighted by Crippen LogP contribution is -2.47. The molecule has 0 radical (unpaired) electrons. The molecule has 138 valence electrons. The van der Waals surface area contributed by atoms with Gasteiger partial charge in [0.25, 0.3) is 0 Å². The molecular formula is C19H27N7. The van der Waals surface area contributed by atoms with Crippen LogP contribution in [0.4, 0.5) is 17.6 Å². The largest absolute Gasteiger partial charge is 0.340 e. The number of aromatic nitrogens is 4. The van der Waals surface area contributed by atoms with Crippen LogP contribution in [0.15, 0.2) is 18.3 Å². The van der Waals surface area contributed by atoms with Crippen LogP contribution < -0.4 is 15.5 Å². The summed E-state index contributed by atoms with van der Waals surface area (Å²) in [7, 11) is 2.10. The SMILES string of the molecule is CNC1([C@@H]2CCCN(c3nccc(Nc4cc(C5CC5)[nH]n4)n3)C2)CC1. The van der Waals surface area contributed by atoms with Gasteiger partial charge in [-0.05, 0) is 57.6 Å². The van der Waals surface area contributed by atoms with Gasteiger partial charge >= 0.3 is 0 Å². The van der Waals surface area contributed by atoms with Gasteiger partial charge in [0.1, 0.15) is 5.82 Å². The Morgan fingerprint density at radius 2 is 2.12 bits per heavy atom. The topological polar surface area (TPSA) is 81.8 Å². The molecule has 0 amide bonds. The highest BCUT2D eigenvalue weighted by Crippen LogP contribution is 2.45. The van der Waals surface area contributed by atoms with Crippen molar-refractivity contribution in [2.24, 2.45) is 5.92 Å². The van der Waals surface area contributed by atoms with E-state index >= 15 is 0 Å². The van der Waals surface area contributed by atoms with E-state index in [0.29, 0.717) is 17.4 Å². The Morgan fingerprint density at radius 3 is 2.88 bits per heavy atom. The summed E-state index contributed by atoms with van der Waals surface area (Å²) < 4.78 is 0. The van der Waals surface area contributed by atoms with Crippen molar-refractivity contribution in [2.45, 2.75) is 50.0 Å². The standard InChI is InChI=1S/C19H27N7/c1-20-19(7-8-19)14-3-2-10-26(12-14)18-21-9-6-16(23-18)22-17-11-15(24-25-17)13-4-5-13/h6,9,11,13-14,20H,2-5,7-8,10,12H2,1H3,(H2,21,22,23,24,25)/t14-/m1/s1. The minimum atomic E-state index is 0.364. The van der Waals surface area contributed by atoms with Crippen molar-refractivity contribution >= 4 is 17.6 Å². The van der Waals surface area contributed by atoms with Gasteiger partial charge in [0.2, 0.25) is 5.95 Å². The lowest BCUT2D eigenvalue weighted by Gasteiger charge is -2.37. The van der Waals surface area contributed by atoms with Crippen LogP contribution in [0.3, 0.4) is 0 Å². The molecule has 5 rings (SSSR count). The number of nitrogens with zero attached hydrogens (tertiary/aromatic N) is 4. The fourth-order valence-electron chi connectivity index (χ4n) is 4.31. The molecule has 2 aromatic rings. The number of hydrogen-bond donors (Lipinski definition) is 3. The van der Waals surface area contributed by atoms with Gasteiger partial charge in [0, 0.05) is 42.5 Å². The molecule has 3 N–H and O–H groups in total. The Balaban J connectivity index is 1.29. The molecule has 3 heterocycles. The predicted molar refractivity (Wildman–Crippen MR) is 102 cm³/mol. The highest BCUT2D eigenvalue weighted by molar-refractivity contribution is 5.53. The number of piperidine rings is 1. The summed E-state index contributed by atoms with van der Waals surface area (Å²) in [6, 6.07) is 4.01. The lowest BCUT2D eigenvalue weighted by atomic mass is 9.88. The molecule has 2 aromatic heterocycles. The van der Waals surface area contributed by atoms with Gasteiger partial charge in [-0.25, -0.2) is 4.98 Å². The van der Waals surface area contributed by atoms with Gasteiger partial charge < -0.3 is 15.5 Å². The summed E-state index contributed by atoms with van der Waals surface area (Å²) in [5.74, 6) is 3.82. The van der Waals surface area contributed by atoms with Crippen molar-refractivity contribution < 1.29 is 0 Å². The molecule has 3 aliphatic rings. The van der Waals surface area contributed by atoms with E-state index in [0.717, 1.165) is 30.7 Å². The Labute approximate surface area is 154 Å². The number of nitrogens with one attached hydrogen (secondary N) is 3. The van der Waals surface area contributed by atoms with Crippen LogP contribution in [0.1, 0.15) is 50.1 Å². The van der Waals surface area contributed by atoms with Crippen LogP contribution in [-0.4, -0.2) is 45.8 Å². The smallest absolute Gasteiger partial charge is 0.227 e. The fraction of sp³-hybridized carbons (Fsp3) is 0.632. The first-order chi connectivity index (χ1) is 12.8. The van der Waals surface area contributed by atoms with E-state index in [-0.39, 0.29) is 0 Å². The average molecular weight is 353 g/mol. The second kappa shape index (κ2) is 6.23. The Morgan fingerprint density at radius 1 is 1.23 bits per heavy atom. The van der Waals surface area contributed by atoms with Crippen molar-refractivity contribution in [1.82, 2.24) is 25.5 Å². The monoisotopic (exact) mass is 353 g/mol. The minimum absolute atomic E-state index is 0.364. The van der Waals surface area contributed by atoms with Crippen LogP contribution in [0, 0.1) is 5.92 Å². The minimum Gasteiger partial charge on any atom is -0.340 e. The molecule has 2 aliphatic carbocycles. The zero-order valence-electron chi connectivity index (χ0n) is 15.3. The predicted octanol–water partition coefficient (Wildman–Crippen LogP) is 2.79. The summed E-state index contributed by atoms with van der Waals surface area (Å²) in [6.07, 6.45) is 9.48. The fourth-order valence-corrected chi connectivity index (χ4v) is 4.31. The molecule has 2 saturated carbocycles. The van der Waals surface area contributed by atoms with Crippen molar-refractivity contribution in [1.29, 1.82) is 0 Å². The maximum absolute atomic E-state index is 4.75. The third-order valence-corrected chi connectivity index (χ3v) is 6.29. The molecule has 1 atom stereocenters. The van der Waals surface area contributed by atoms with E-state index in [4.69, 9.17) is 4.98 Å². The van der Waals surface area contributed by atoms with Crippen molar-refractivity contribution in [3.63, 3.8) is 0 Å². The highest BCUT2D eigenvalue weighted by atomic mass is 15.3. The van der Waals surface area contributed by atoms with E-state index in [9.17, 15) is 0 Å². The molecule has 0 bridgehead atoms. The number of anilines is 3. The second-order valence-corrected chi connectivity index (χ2v) is 8.04. The maximum atomic E-state index is 4.75. The molecule has 7 nitrogen and oxygen atoms in total. The number of H-pyrrole nitrogens is 1. The van der Waals surface area contributed by atoms with Gasteiger partial charge in [-0.3, -0.25) is 5.10 Å². The molecule has 7 heteroatoms. The van der Waals surface area contributed by atoms with Gasteiger partial charge in [0.15, 0.2) is 5.82 Å². The third kappa shape index (κ3) is 3.05. The van der Waals surface area contributed by atoms with Crippen molar-refractivity contribution in [3.8, 4) is 0 Å². The number of aromatic amines is 1. The van der Waals surface area contributed by atoms with Crippen LogP contribution >= 0.6 is 0 Å². The molecule has 0 aromatic carbocycles. The van der Waals surface area contributed by atoms with Crippen LogP contribution in [0.2, 0.25) is 0 Å². The van der Waals surface area contributed by atoms with Crippen LogP contribution in [0.5, 0.6) is 0 Å². The molecule has 3 fully saturated rings. The second-order valence-electron chi connectivity index (χ2n) is 8.04. The Bertz CT molecular complexity index is 778. The van der Waals surface area contributed by atoms with E-state index in [1.165, 1.54) is 44.2 Å². The number of rotatable bonds is 6. The van der Waals surface area contributed by atoms with Crippen LogP contribution in [0.25, 0.3) is 0 Å². The first kappa shape index (κ1) is 16.1. The van der Waals surface area contributed by atoms with Gasteiger partial charge in [-0.2, -0.15) is 10.1 Å². The lowest BCUT2D eigenvalue weighted by molar-refractivity contribution is 0.298. The number of hydrogen-bond acceptors (Lipinski definition) is 6. The maximum Gasteiger partial charge on any atom is 0.227 e. The van der Waals surface area contributed by atoms with E-state index in [2.05, 4.69) is 43.8 Å². The van der Waals surface area contributed by atoms with Gasteiger partial charge in [-0.15, -0.1) is 0 Å². The van der Waals surface area contributed by atoms with Crippen molar-refractivity contribution in [2.75, 3.05) is 30.4 Å². The van der Waals surface area contributed by atoms with E-state index in [1.807, 2.05) is 12.3 Å².